The van der Waals surface area contributed by atoms with E-state index in [-0.39, 0.29) is 5.92 Å². The molecule has 1 aliphatic carbocycles. The molecule has 3 heterocycles. The summed E-state index contributed by atoms with van der Waals surface area (Å²) in [6.45, 7) is 1.20. The number of rotatable bonds is 4. The van der Waals surface area contributed by atoms with Crippen LogP contribution in [0, 0.1) is 0 Å². The average Bonchev–Trinajstić information content (AvgIpc) is 3.02. The van der Waals surface area contributed by atoms with Crippen molar-refractivity contribution in [1.29, 1.82) is 0 Å². The Bertz CT molecular complexity index is 859. The first-order valence-electron chi connectivity index (χ1n) is 7.98. The van der Waals surface area contributed by atoms with Crippen LogP contribution in [-0.4, -0.2) is 28.5 Å². The van der Waals surface area contributed by atoms with Crippen molar-refractivity contribution in [2.75, 3.05) is 13.2 Å². The molecule has 0 radical (unpaired) electrons. The minimum absolute atomic E-state index is 0.270. The molecule has 0 bridgehead atoms. The number of benzene rings is 1. The van der Waals surface area contributed by atoms with E-state index in [4.69, 9.17) is 18.5 Å². The zero-order valence-electron chi connectivity index (χ0n) is 12.8. The van der Waals surface area contributed by atoms with Crippen molar-refractivity contribution in [2.45, 2.75) is 24.7 Å². The summed E-state index contributed by atoms with van der Waals surface area (Å²) in [6, 6.07) is 7.92. The third-order valence-corrected chi connectivity index (χ3v) is 4.42. The lowest BCUT2D eigenvalue weighted by Crippen LogP contribution is -2.15. The van der Waals surface area contributed by atoms with Crippen molar-refractivity contribution in [2.24, 2.45) is 0 Å². The highest BCUT2D eigenvalue weighted by atomic mass is 16.6. The topological polar surface area (TPSA) is 83.4 Å². The van der Waals surface area contributed by atoms with Gasteiger partial charge in [0.25, 0.3) is 0 Å². The second-order valence-electron chi connectivity index (χ2n) is 6.07. The molecule has 0 saturated heterocycles. The number of ether oxygens (including phenoxy) is 2. The van der Waals surface area contributed by atoms with Gasteiger partial charge in [-0.1, -0.05) is 16.4 Å². The van der Waals surface area contributed by atoms with E-state index in [1.54, 1.807) is 6.07 Å². The summed E-state index contributed by atoms with van der Waals surface area (Å²) < 4.78 is 21.5. The maximum atomic E-state index is 5.65. The molecule has 24 heavy (non-hydrogen) atoms. The SMILES string of the molecule is c1cc(Cc2noc([C@H]3C[C@@H]3c3ccc4c(c3)OCCO4)n2)no1. The van der Waals surface area contributed by atoms with Gasteiger partial charge < -0.3 is 18.5 Å². The molecule has 7 nitrogen and oxygen atoms in total. The third kappa shape index (κ3) is 2.42. The predicted octanol–water partition coefficient (Wildman–Crippen LogP) is 2.69. The van der Waals surface area contributed by atoms with Gasteiger partial charge >= 0.3 is 0 Å². The molecule has 0 unspecified atom stereocenters. The Morgan fingerprint density at radius 2 is 1.92 bits per heavy atom. The first-order valence-corrected chi connectivity index (χ1v) is 7.98. The van der Waals surface area contributed by atoms with Crippen molar-refractivity contribution in [3.63, 3.8) is 0 Å². The lowest BCUT2D eigenvalue weighted by Gasteiger charge is -2.18. The molecule has 1 aliphatic heterocycles. The molecule has 7 heteroatoms. The van der Waals surface area contributed by atoms with Crippen LogP contribution < -0.4 is 9.47 Å². The second-order valence-corrected chi connectivity index (χ2v) is 6.07. The Labute approximate surface area is 137 Å². The lowest BCUT2D eigenvalue weighted by molar-refractivity contribution is 0.171. The van der Waals surface area contributed by atoms with Crippen LogP contribution in [-0.2, 0) is 6.42 Å². The molecule has 2 atom stereocenters. The van der Waals surface area contributed by atoms with E-state index < -0.39 is 0 Å². The van der Waals surface area contributed by atoms with Gasteiger partial charge in [-0.2, -0.15) is 4.98 Å². The van der Waals surface area contributed by atoms with Crippen LogP contribution in [0.5, 0.6) is 11.5 Å². The van der Waals surface area contributed by atoms with E-state index >= 15 is 0 Å². The van der Waals surface area contributed by atoms with Crippen LogP contribution in [0.3, 0.4) is 0 Å². The van der Waals surface area contributed by atoms with Gasteiger partial charge in [-0.25, -0.2) is 0 Å². The van der Waals surface area contributed by atoms with Gasteiger partial charge in [0, 0.05) is 12.0 Å². The molecule has 1 saturated carbocycles. The van der Waals surface area contributed by atoms with Crippen LogP contribution >= 0.6 is 0 Å². The van der Waals surface area contributed by atoms with Gasteiger partial charge in [0.1, 0.15) is 19.5 Å². The minimum atomic E-state index is 0.270. The maximum absolute atomic E-state index is 5.65. The van der Waals surface area contributed by atoms with Gasteiger partial charge in [-0.15, -0.1) is 0 Å². The maximum Gasteiger partial charge on any atom is 0.230 e. The molecule has 1 fully saturated rings. The van der Waals surface area contributed by atoms with Gasteiger partial charge in [-0.05, 0) is 30.0 Å². The molecule has 5 rings (SSSR count). The Balaban J connectivity index is 1.31. The van der Waals surface area contributed by atoms with Gasteiger partial charge in [-0.3, -0.25) is 0 Å². The number of fused-ring (bicyclic) bond motifs is 1. The highest BCUT2D eigenvalue weighted by Crippen LogP contribution is 2.55. The Morgan fingerprint density at radius 3 is 2.79 bits per heavy atom. The van der Waals surface area contributed by atoms with E-state index in [9.17, 15) is 0 Å². The summed E-state index contributed by atoms with van der Waals surface area (Å²) in [4.78, 5) is 4.49. The monoisotopic (exact) mass is 325 g/mol. The minimum Gasteiger partial charge on any atom is -0.486 e. The molecular weight excluding hydrogens is 310 g/mol. The van der Waals surface area contributed by atoms with Crippen LogP contribution in [0.1, 0.15) is 41.2 Å². The summed E-state index contributed by atoms with van der Waals surface area (Å²) in [5, 5.41) is 7.90. The second kappa shape index (κ2) is 5.36. The van der Waals surface area contributed by atoms with Crippen LogP contribution in [0.2, 0.25) is 0 Å². The fourth-order valence-electron chi connectivity index (χ4n) is 3.11. The number of hydrogen-bond donors (Lipinski definition) is 0. The van der Waals surface area contributed by atoms with E-state index in [1.165, 1.54) is 11.8 Å². The molecule has 0 N–H and O–H groups in total. The number of aromatic nitrogens is 3. The van der Waals surface area contributed by atoms with Crippen LogP contribution in [0.4, 0.5) is 0 Å². The van der Waals surface area contributed by atoms with Crippen LogP contribution in [0.25, 0.3) is 0 Å². The standard InChI is InChI=1S/C17H15N3O4/c1-2-14-15(22-6-5-21-14)7-10(1)12-9-13(12)17-18-16(20-24-17)8-11-3-4-23-19-11/h1-4,7,12-13H,5-6,8-9H2/t12-,13+/m1/s1. The third-order valence-electron chi connectivity index (χ3n) is 4.42. The smallest absolute Gasteiger partial charge is 0.230 e. The first kappa shape index (κ1) is 13.6. The molecule has 0 spiro atoms. The van der Waals surface area contributed by atoms with Crippen molar-refractivity contribution in [3.8, 4) is 11.5 Å². The Kier molecular flexibility index (Phi) is 3.04. The Hall–Kier alpha value is -2.83. The summed E-state index contributed by atoms with van der Waals surface area (Å²) in [5.41, 5.74) is 2.02. The zero-order chi connectivity index (χ0) is 15.9. The van der Waals surface area contributed by atoms with Crippen molar-refractivity contribution in [1.82, 2.24) is 15.3 Å². The van der Waals surface area contributed by atoms with Crippen molar-refractivity contribution >= 4 is 0 Å². The van der Waals surface area contributed by atoms with Crippen LogP contribution in [0.15, 0.2) is 39.6 Å². The summed E-state index contributed by atoms with van der Waals surface area (Å²) in [5.74, 6) is 3.61. The molecular formula is C17H15N3O4. The summed E-state index contributed by atoms with van der Waals surface area (Å²) in [6.07, 6.45) is 3.06. The van der Waals surface area contributed by atoms with Gasteiger partial charge in [0.05, 0.1) is 12.1 Å². The normalized spacial score (nSPS) is 21.7. The number of hydrogen-bond acceptors (Lipinski definition) is 7. The van der Waals surface area contributed by atoms with Crippen molar-refractivity contribution in [3.05, 3.63) is 53.5 Å². The molecule has 2 aliphatic rings. The summed E-state index contributed by atoms with van der Waals surface area (Å²) >= 11 is 0. The first-order chi connectivity index (χ1) is 11.9. The molecule has 3 aromatic rings. The molecule has 1 aromatic carbocycles. The molecule has 0 amide bonds. The quantitative estimate of drug-likeness (QED) is 0.729. The highest BCUT2D eigenvalue weighted by Gasteiger charge is 2.44. The fraction of sp³-hybridized carbons (Fsp3) is 0.353. The summed E-state index contributed by atoms with van der Waals surface area (Å²) in [7, 11) is 0. The van der Waals surface area contributed by atoms with E-state index in [1.807, 2.05) is 6.07 Å². The highest BCUT2D eigenvalue weighted by molar-refractivity contribution is 5.46. The van der Waals surface area contributed by atoms with E-state index in [2.05, 4.69) is 27.4 Å². The van der Waals surface area contributed by atoms with E-state index in [0.29, 0.717) is 37.3 Å². The van der Waals surface area contributed by atoms with Crippen molar-refractivity contribution < 1.29 is 18.5 Å². The largest absolute Gasteiger partial charge is 0.486 e. The zero-order valence-corrected chi connectivity index (χ0v) is 12.8. The Morgan fingerprint density at radius 1 is 1.00 bits per heavy atom. The fourth-order valence-corrected chi connectivity index (χ4v) is 3.11. The average molecular weight is 325 g/mol. The van der Waals surface area contributed by atoms with E-state index in [0.717, 1.165) is 23.6 Å². The molecule has 122 valence electrons. The number of nitrogens with zero attached hydrogens (tertiary/aromatic N) is 3. The molecule has 2 aromatic heterocycles. The lowest BCUT2D eigenvalue weighted by atomic mass is 10.1. The van der Waals surface area contributed by atoms with Gasteiger partial charge in [0.2, 0.25) is 5.89 Å². The predicted molar refractivity (Wildman–Crippen MR) is 81.1 cm³/mol. The van der Waals surface area contributed by atoms with Gasteiger partial charge in [0.15, 0.2) is 17.3 Å².